The second-order valence-electron chi connectivity index (χ2n) is 6.08. The summed E-state index contributed by atoms with van der Waals surface area (Å²) in [5.41, 5.74) is 0.789. The van der Waals surface area contributed by atoms with Gasteiger partial charge in [0.1, 0.15) is 0 Å². The average molecular weight is 462 g/mol. The lowest BCUT2D eigenvalue weighted by Crippen LogP contribution is -2.31. The molecule has 0 fully saturated rings. The quantitative estimate of drug-likeness (QED) is 0.309. The van der Waals surface area contributed by atoms with Gasteiger partial charge in [-0.25, -0.2) is 0 Å². The molecule has 0 spiro atoms. The first-order chi connectivity index (χ1) is 14.2. The molecule has 0 saturated carbocycles. The van der Waals surface area contributed by atoms with Crippen LogP contribution in [0.3, 0.4) is 0 Å². The summed E-state index contributed by atoms with van der Waals surface area (Å²) in [5, 5.41) is 13.2. The van der Waals surface area contributed by atoms with Gasteiger partial charge in [-0.2, -0.15) is 0 Å². The molecule has 1 amide bonds. The number of aromatic nitrogens is 2. The van der Waals surface area contributed by atoms with E-state index in [4.69, 9.17) is 16.0 Å². The minimum Gasteiger partial charge on any atom is -0.411 e. The Morgan fingerprint density at radius 2 is 1.66 bits per heavy atom. The van der Waals surface area contributed by atoms with E-state index in [0.29, 0.717) is 29.2 Å². The third kappa shape index (κ3) is 5.48. The molecule has 148 valence electrons. The lowest BCUT2D eigenvalue weighted by atomic mass is 10.2. The minimum absolute atomic E-state index is 0.0306. The van der Waals surface area contributed by atoms with Crippen LogP contribution in [0, 0.1) is 0 Å². The van der Waals surface area contributed by atoms with Crippen molar-refractivity contribution in [2.75, 3.05) is 5.75 Å². The Balaban J connectivity index is 1.40. The molecule has 0 N–H and O–H groups in total. The first kappa shape index (κ1) is 20.2. The van der Waals surface area contributed by atoms with Gasteiger partial charge in [0.2, 0.25) is 11.8 Å². The molecule has 0 aliphatic heterocycles. The van der Waals surface area contributed by atoms with Crippen LogP contribution in [-0.4, -0.2) is 26.8 Å². The van der Waals surface area contributed by atoms with E-state index in [9.17, 15) is 4.79 Å². The predicted molar refractivity (Wildman–Crippen MR) is 118 cm³/mol. The van der Waals surface area contributed by atoms with Crippen molar-refractivity contribution >= 4 is 51.9 Å². The summed E-state index contributed by atoms with van der Waals surface area (Å²) < 4.78 is 5.68. The number of hydrogen-bond acceptors (Lipinski definition) is 7. The lowest BCUT2D eigenvalue weighted by molar-refractivity contribution is -0.129. The summed E-state index contributed by atoms with van der Waals surface area (Å²) in [4.78, 5) is 17.1. The van der Waals surface area contributed by atoms with Gasteiger partial charge in [0.25, 0.3) is 5.22 Å². The van der Waals surface area contributed by atoms with Crippen LogP contribution in [0.25, 0.3) is 11.5 Å². The maximum absolute atomic E-state index is 12.9. The summed E-state index contributed by atoms with van der Waals surface area (Å²) in [7, 11) is 0. The third-order valence-electron chi connectivity index (χ3n) is 4.02. The van der Waals surface area contributed by atoms with Crippen LogP contribution in [0.15, 0.2) is 68.9 Å². The van der Waals surface area contributed by atoms with E-state index >= 15 is 0 Å². The standard InChI is InChI=1S/C20H16ClN3O2S3/c21-15-7-5-14(6-8-15)19-22-23-20(26-19)29-13-18(25)24(11-16-3-1-9-27-16)12-17-4-2-10-28-17/h1-10H,11-13H2. The van der Waals surface area contributed by atoms with Crippen LogP contribution in [-0.2, 0) is 17.9 Å². The zero-order valence-corrected chi connectivity index (χ0v) is 18.4. The number of nitrogens with zero attached hydrogens (tertiary/aromatic N) is 3. The van der Waals surface area contributed by atoms with E-state index in [0.717, 1.165) is 15.3 Å². The molecular weight excluding hydrogens is 446 g/mol. The Morgan fingerprint density at radius 1 is 1.00 bits per heavy atom. The number of thiophene rings is 2. The summed E-state index contributed by atoms with van der Waals surface area (Å²) in [5.74, 6) is 0.674. The Hall–Kier alpha value is -2.13. The highest BCUT2D eigenvalue weighted by molar-refractivity contribution is 7.99. The van der Waals surface area contributed by atoms with Crippen LogP contribution in [0.5, 0.6) is 0 Å². The summed E-state index contributed by atoms with van der Waals surface area (Å²) in [6.45, 7) is 1.18. The highest BCUT2D eigenvalue weighted by Gasteiger charge is 2.18. The first-order valence-corrected chi connectivity index (χ1v) is 11.8. The number of thioether (sulfide) groups is 1. The number of hydrogen-bond donors (Lipinski definition) is 0. The maximum Gasteiger partial charge on any atom is 0.277 e. The smallest absolute Gasteiger partial charge is 0.277 e. The van der Waals surface area contributed by atoms with Crippen molar-refractivity contribution in [1.29, 1.82) is 0 Å². The van der Waals surface area contributed by atoms with Crippen LogP contribution in [0.2, 0.25) is 5.02 Å². The van der Waals surface area contributed by atoms with E-state index in [1.165, 1.54) is 11.8 Å². The highest BCUT2D eigenvalue weighted by atomic mass is 35.5. The molecule has 0 radical (unpaired) electrons. The molecule has 1 aromatic carbocycles. The van der Waals surface area contributed by atoms with E-state index in [1.807, 2.05) is 52.1 Å². The molecule has 0 saturated heterocycles. The molecule has 0 unspecified atom stereocenters. The second-order valence-corrected chi connectivity index (χ2v) is 9.50. The molecule has 4 aromatic rings. The van der Waals surface area contributed by atoms with Gasteiger partial charge >= 0.3 is 0 Å². The largest absolute Gasteiger partial charge is 0.411 e. The molecule has 4 rings (SSSR count). The third-order valence-corrected chi connectivity index (χ3v) is 6.80. The number of amides is 1. The minimum atomic E-state index is 0.0306. The van der Waals surface area contributed by atoms with Crippen molar-refractivity contribution in [2.24, 2.45) is 0 Å². The predicted octanol–water partition coefficient (Wildman–Crippen LogP) is 5.83. The van der Waals surface area contributed by atoms with Crippen molar-refractivity contribution in [3.8, 4) is 11.5 Å². The zero-order chi connectivity index (χ0) is 20.1. The van der Waals surface area contributed by atoms with Crippen LogP contribution in [0.1, 0.15) is 9.75 Å². The molecule has 3 heterocycles. The van der Waals surface area contributed by atoms with Crippen LogP contribution in [0.4, 0.5) is 0 Å². The van der Waals surface area contributed by atoms with Gasteiger partial charge in [0.15, 0.2) is 0 Å². The lowest BCUT2D eigenvalue weighted by Gasteiger charge is -2.21. The molecule has 0 aliphatic rings. The van der Waals surface area contributed by atoms with Gasteiger partial charge in [-0.15, -0.1) is 32.9 Å². The van der Waals surface area contributed by atoms with Crippen molar-refractivity contribution < 1.29 is 9.21 Å². The van der Waals surface area contributed by atoms with Gasteiger partial charge in [-0.3, -0.25) is 4.79 Å². The van der Waals surface area contributed by atoms with Crippen molar-refractivity contribution in [3.05, 3.63) is 74.1 Å². The molecule has 5 nitrogen and oxygen atoms in total. The zero-order valence-electron chi connectivity index (χ0n) is 15.2. The van der Waals surface area contributed by atoms with Crippen LogP contribution >= 0.6 is 46.0 Å². The van der Waals surface area contributed by atoms with Gasteiger partial charge in [0, 0.05) is 20.3 Å². The number of carbonyl (C=O) groups excluding carboxylic acids is 1. The SMILES string of the molecule is O=C(CSc1nnc(-c2ccc(Cl)cc2)o1)N(Cc1cccs1)Cc1cccs1. The van der Waals surface area contributed by atoms with E-state index < -0.39 is 0 Å². The van der Waals surface area contributed by atoms with Gasteiger partial charge in [-0.05, 0) is 47.2 Å². The van der Waals surface area contributed by atoms with Crippen LogP contribution < -0.4 is 0 Å². The Labute approximate surface area is 185 Å². The number of rotatable bonds is 8. The Bertz CT molecular complexity index is 1010. The molecule has 29 heavy (non-hydrogen) atoms. The van der Waals surface area contributed by atoms with Gasteiger partial charge in [-0.1, -0.05) is 35.5 Å². The average Bonchev–Trinajstić information content (AvgIpc) is 3.49. The fraction of sp³-hybridized carbons (Fsp3) is 0.150. The number of benzene rings is 1. The molecule has 3 aromatic heterocycles. The topological polar surface area (TPSA) is 59.2 Å². The Morgan fingerprint density at radius 3 is 2.24 bits per heavy atom. The summed E-state index contributed by atoms with van der Waals surface area (Å²) in [6.07, 6.45) is 0. The normalized spacial score (nSPS) is 10.9. The number of carbonyl (C=O) groups is 1. The van der Waals surface area contributed by atoms with E-state index in [1.54, 1.807) is 34.8 Å². The van der Waals surface area contributed by atoms with Gasteiger partial charge < -0.3 is 9.32 Å². The first-order valence-electron chi connectivity index (χ1n) is 8.72. The number of halogens is 1. The monoisotopic (exact) mass is 461 g/mol. The van der Waals surface area contributed by atoms with Crippen molar-refractivity contribution in [2.45, 2.75) is 18.3 Å². The van der Waals surface area contributed by atoms with Crippen molar-refractivity contribution in [1.82, 2.24) is 15.1 Å². The summed E-state index contributed by atoms with van der Waals surface area (Å²) >= 11 is 10.5. The molecule has 0 atom stereocenters. The fourth-order valence-electron chi connectivity index (χ4n) is 2.61. The Kier molecular flexibility index (Phi) is 6.66. The fourth-order valence-corrected chi connectivity index (χ4v) is 4.84. The van der Waals surface area contributed by atoms with E-state index in [2.05, 4.69) is 10.2 Å². The molecule has 9 heteroatoms. The maximum atomic E-state index is 12.9. The molecule has 0 bridgehead atoms. The van der Waals surface area contributed by atoms with E-state index in [-0.39, 0.29) is 11.7 Å². The summed E-state index contributed by atoms with van der Waals surface area (Å²) in [6, 6.07) is 15.3. The molecule has 0 aliphatic carbocycles. The van der Waals surface area contributed by atoms with Crippen molar-refractivity contribution in [3.63, 3.8) is 0 Å². The van der Waals surface area contributed by atoms with Gasteiger partial charge in [0.05, 0.1) is 18.8 Å². The molecular formula is C20H16ClN3O2S3. The second kappa shape index (κ2) is 9.58. The highest BCUT2D eigenvalue weighted by Crippen LogP contribution is 2.25.